The standard InChI is InChI=1S/C25H25FN2O6/c26-18-4-2-1-3-17(18)22-21(23(29)16-5-6-19-20(15-16)34-14-13-33-19)24(30)25(31)28(22)8-7-27-9-11-32-12-10-27/h1-6,15,22,29H,7-14H2/b23-21+/t22-/m1/s1. The Morgan fingerprint density at radius 1 is 0.971 bits per heavy atom. The van der Waals surface area contributed by atoms with E-state index in [4.69, 9.17) is 14.2 Å². The summed E-state index contributed by atoms with van der Waals surface area (Å²) in [6.07, 6.45) is 0. The SMILES string of the molecule is O=C1C(=O)N(CCN2CCOCC2)[C@H](c2ccccc2F)/C1=C(\O)c1ccc2c(c1)OCCO2. The van der Waals surface area contributed by atoms with Crippen molar-refractivity contribution in [1.29, 1.82) is 0 Å². The molecule has 0 unspecified atom stereocenters. The molecule has 0 saturated carbocycles. The first-order valence-electron chi connectivity index (χ1n) is 11.3. The maximum absolute atomic E-state index is 14.9. The van der Waals surface area contributed by atoms with Crippen molar-refractivity contribution in [3.05, 3.63) is 65.0 Å². The van der Waals surface area contributed by atoms with Gasteiger partial charge in [-0.15, -0.1) is 0 Å². The number of aliphatic hydroxyl groups excluding tert-OH is 1. The Balaban J connectivity index is 1.55. The van der Waals surface area contributed by atoms with E-state index in [-0.39, 0.29) is 29.0 Å². The second-order valence-electron chi connectivity index (χ2n) is 8.33. The number of aliphatic hydroxyl groups is 1. The predicted molar refractivity (Wildman–Crippen MR) is 120 cm³/mol. The molecule has 2 saturated heterocycles. The summed E-state index contributed by atoms with van der Waals surface area (Å²) in [4.78, 5) is 29.7. The number of carbonyl (C=O) groups is 2. The number of fused-ring (bicyclic) bond motifs is 1. The monoisotopic (exact) mass is 468 g/mol. The maximum atomic E-state index is 14.9. The number of benzene rings is 2. The number of likely N-dealkylation sites (tertiary alicyclic amines) is 1. The molecule has 9 heteroatoms. The predicted octanol–water partition coefficient (Wildman–Crippen LogP) is 2.35. The lowest BCUT2D eigenvalue weighted by atomic mass is 9.94. The molecule has 0 spiro atoms. The summed E-state index contributed by atoms with van der Waals surface area (Å²) >= 11 is 0. The quantitative estimate of drug-likeness (QED) is 0.409. The van der Waals surface area contributed by atoms with Gasteiger partial charge in [0.2, 0.25) is 0 Å². The average molecular weight is 468 g/mol. The van der Waals surface area contributed by atoms with Crippen molar-refractivity contribution in [2.45, 2.75) is 6.04 Å². The summed E-state index contributed by atoms with van der Waals surface area (Å²) in [7, 11) is 0. The van der Waals surface area contributed by atoms with Crippen LogP contribution in [0.4, 0.5) is 4.39 Å². The normalized spacial score (nSPS) is 22.3. The van der Waals surface area contributed by atoms with Gasteiger partial charge in [0.1, 0.15) is 24.8 Å². The highest BCUT2D eigenvalue weighted by Gasteiger charge is 2.47. The molecule has 0 radical (unpaired) electrons. The third-order valence-electron chi connectivity index (χ3n) is 6.32. The van der Waals surface area contributed by atoms with Crippen LogP contribution >= 0.6 is 0 Å². The van der Waals surface area contributed by atoms with Crippen LogP contribution in [0.15, 0.2) is 48.0 Å². The first kappa shape index (κ1) is 22.4. The van der Waals surface area contributed by atoms with E-state index in [2.05, 4.69) is 4.90 Å². The molecule has 1 atom stereocenters. The molecule has 0 aliphatic carbocycles. The lowest BCUT2D eigenvalue weighted by Crippen LogP contribution is -2.42. The molecule has 2 aromatic rings. The number of halogens is 1. The van der Waals surface area contributed by atoms with E-state index in [1.807, 2.05) is 0 Å². The van der Waals surface area contributed by atoms with Crippen LogP contribution in [0.5, 0.6) is 11.5 Å². The summed E-state index contributed by atoms with van der Waals surface area (Å²) in [6, 6.07) is 9.73. The van der Waals surface area contributed by atoms with Crippen molar-refractivity contribution >= 4 is 17.4 Å². The number of nitrogens with zero attached hydrogens (tertiary/aromatic N) is 2. The number of Topliss-reactive ketones (excluding diaryl/α,β-unsaturated/α-hetero) is 1. The number of ketones is 1. The fourth-order valence-corrected chi connectivity index (χ4v) is 4.55. The molecule has 178 valence electrons. The number of hydrogen-bond donors (Lipinski definition) is 1. The number of amides is 1. The van der Waals surface area contributed by atoms with E-state index in [0.29, 0.717) is 57.6 Å². The van der Waals surface area contributed by atoms with Crippen LogP contribution in [0.25, 0.3) is 5.76 Å². The van der Waals surface area contributed by atoms with Gasteiger partial charge < -0.3 is 24.2 Å². The fraction of sp³-hybridized carbons (Fsp3) is 0.360. The number of carbonyl (C=O) groups excluding carboxylic acids is 2. The topological polar surface area (TPSA) is 88.5 Å². The molecule has 3 heterocycles. The lowest BCUT2D eigenvalue weighted by molar-refractivity contribution is -0.140. The Hall–Kier alpha value is -3.43. The van der Waals surface area contributed by atoms with Crippen molar-refractivity contribution in [1.82, 2.24) is 9.80 Å². The molecule has 3 aliphatic heterocycles. The Morgan fingerprint density at radius 2 is 1.71 bits per heavy atom. The third-order valence-corrected chi connectivity index (χ3v) is 6.32. The van der Waals surface area contributed by atoms with Crippen molar-refractivity contribution in [2.24, 2.45) is 0 Å². The first-order valence-corrected chi connectivity index (χ1v) is 11.3. The molecule has 34 heavy (non-hydrogen) atoms. The van der Waals surface area contributed by atoms with Crippen LogP contribution in [-0.2, 0) is 14.3 Å². The van der Waals surface area contributed by atoms with E-state index < -0.39 is 23.5 Å². The van der Waals surface area contributed by atoms with Gasteiger partial charge in [0.05, 0.1) is 24.8 Å². The van der Waals surface area contributed by atoms with Crippen molar-refractivity contribution < 1.29 is 33.3 Å². The van der Waals surface area contributed by atoms with E-state index in [9.17, 15) is 19.1 Å². The molecule has 8 nitrogen and oxygen atoms in total. The van der Waals surface area contributed by atoms with Gasteiger partial charge in [-0.1, -0.05) is 18.2 Å². The number of hydrogen-bond acceptors (Lipinski definition) is 7. The van der Waals surface area contributed by atoms with E-state index in [1.165, 1.54) is 17.0 Å². The highest BCUT2D eigenvalue weighted by Crippen LogP contribution is 2.41. The van der Waals surface area contributed by atoms with Crippen LogP contribution in [0.2, 0.25) is 0 Å². The fourth-order valence-electron chi connectivity index (χ4n) is 4.55. The van der Waals surface area contributed by atoms with Crippen LogP contribution in [-0.4, -0.2) is 79.2 Å². The minimum Gasteiger partial charge on any atom is -0.507 e. The van der Waals surface area contributed by atoms with Gasteiger partial charge in [0.15, 0.2) is 11.5 Å². The smallest absolute Gasteiger partial charge is 0.295 e. The van der Waals surface area contributed by atoms with Crippen molar-refractivity contribution in [3.63, 3.8) is 0 Å². The molecule has 1 amide bonds. The zero-order valence-electron chi connectivity index (χ0n) is 18.5. The lowest BCUT2D eigenvalue weighted by Gasteiger charge is -2.31. The van der Waals surface area contributed by atoms with E-state index in [1.54, 1.807) is 30.3 Å². The minimum atomic E-state index is -1.05. The van der Waals surface area contributed by atoms with Gasteiger partial charge in [0.25, 0.3) is 11.7 Å². The summed E-state index contributed by atoms with van der Waals surface area (Å²) in [5, 5.41) is 11.2. The number of rotatable bonds is 5. The Bertz CT molecular complexity index is 1140. The molecule has 2 fully saturated rings. The molecule has 0 bridgehead atoms. The third kappa shape index (κ3) is 4.12. The summed E-state index contributed by atoms with van der Waals surface area (Å²) in [5.41, 5.74) is 0.299. The van der Waals surface area contributed by atoms with E-state index in [0.717, 1.165) is 0 Å². The van der Waals surface area contributed by atoms with Crippen molar-refractivity contribution in [2.75, 3.05) is 52.6 Å². The molecule has 2 aromatic carbocycles. The second-order valence-corrected chi connectivity index (χ2v) is 8.33. The second kappa shape index (κ2) is 9.44. The zero-order chi connectivity index (χ0) is 23.7. The minimum absolute atomic E-state index is 0.145. The van der Waals surface area contributed by atoms with Crippen molar-refractivity contribution in [3.8, 4) is 11.5 Å². The van der Waals surface area contributed by atoms with Gasteiger partial charge in [-0.25, -0.2) is 4.39 Å². The molecule has 3 aliphatic rings. The highest BCUT2D eigenvalue weighted by molar-refractivity contribution is 6.46. The van der Waals surface area contributed by atoms with Gasteiger partial charge in [-0.3, -0.25) is 14.5 Å². The highest BCUT2D eigenvalue weighted by atomic mass is 19.1. The summed E-state index contributed by atoms with van der Waals surface area (Å²) < 4.78 is 31.4. The first-order chi connectivity index (χ1) is 16.5. The summed E-state index contributed by atoms with van der Waals surface area (Å²) in [5.74, 6) is -1.58. The molecule has 5 rings (SSSR count). The van der Waals surface area contributed by atoms with Gasteiger partial charge in [-0.2, -0.15) is 0 Å². The van der Waals surface area contributed by atoms with Gasteiger partial charge in [-0.05, 0) is 24.3 Å². The maximum Gasteiger partial charge on any atom is 0.295 e. The van der Waals surface area contributed by atoms with Crippen LogP contribution in [0.3, 0.4) is 0 Å². The molecular formula is C25H25FN2O6. The Labute approximate surface area is 196 Å². The molecule has 1 N–H and O–H groups in total. The number of morpholine rings is 1. The van der Waals surface area contributed by atoms with Gasteiger partial charge >= 0.3 is 0 Å². The molecular weight excluding hydrogens is 443 g/mol. The van der Waals surface area contributed by atoms with Crippen LogP contribution in [0.1, 0.15) is 17.2 Å². The van der Waals surface area contributed by atoms with Crippen LogP contribution in [0, 0.1) is 5.82 Å². The number of ether oxygens (including phenoxy) is 3. The van der Waals surface area contributed by atoms with Gasteiger partial charge in [0, 0.05) is 37.3 Å². The molecule has 0 aromatic heterocycles. The van der Waals surface area contributed by atoms with E-state index >= 15 is 0 Å². The Kier molecular flexibility index (Phi) is 6.21. The largest absolute Gasteiger partial charge is 0.507 e. The average Bonchev–Trinajstić information content (AvgIpc) is 3.12. The Morgan fingerprint density at radius 3 is 2.47 bits per heavy atom. The zero-order valence-corrected chi connectivity index (χ0v) is 18.5. The summed E-state index contributed by atoms with van der Waals surface area (Å²) in [6.45, 7) is 4.11. The van der Waals surface area contributed by atoms with Crippen LogP contribution < -0.4 is 9.47 Å².